The first-order valence-electron chi connectivity index (χ1n) is 5.10. The standard InChI is InChI=1S/C10H19NO/c1-12-10(5-6-11-8-10)7-9-3-2-4-9/h9,11H,2-8H2,1H3. The SMILES string of the molecule is COC1(CC2CCC2)CCNC1. The summed E-state index contributed by atoms with van der Waals surface area (Å²) in [6, 6.07) is 0. The van der Waals surface area contributed by atoms with Crippen LogP contribution in [0.4, 0.5) is 0 Å². The van der Waals surface area contributed by atoms with Gasteiger partial charge in [-0.05, 0) is 25.3 Å². The molecule has 1 aliphatic carbocycles. The van der Waals surface area contributed by atoms with Crippen LogP contribution in [0.15, 0.2) is 0 Å². The summed E-state index contributed by atoms with van der Waals surface area (Å²) in [6.45, 7) is 2.21. The summed E-state index contributed by atoms with van der Waals surface area (Å²) in [5, 5.41) is 3.39. The average molecular weight is 169 g/mol. The van der Waals surface area contributed by atoms with E-state index >= 15 is 0 Å². The first-order chi connectivity index (χ1) is 5.85. The molecule has 2 heteroatoms. The van der Waals surface area contributed by atoms with E-state index < -0.39 is 0 Å². The summed E-state index contributed by atoms with van der Waals surface area (Å²) in [5.41, 5.74) is 0.199. The third kappa shape index (κ3) is 1.50. The molecule has 0 radical (unpaired) electrons. The smallest absolute Gasteiger partial charge is 0.0817 e. The molecule has 0 aromatic carbocycles. The maximum absolute atomic E-state index is 5.64. The lowest BCUT2D eigenvalue weighted by Gasteiger charge is -2.35. The molecule has 2 fully saturated rings. The van der Waals surface area contributed by atoms with Crippen molar-refractivity contribution < 1.29 is 4.74 Å². The van der Waals surface area contributed by atoms with Crippen molar-refractivity contribution in [2.45, 2.75) is 37.7 Å². The fourth-order valence-electron chi connectivity index (χ4n) is 2.38. The summed E-state index contributed by atoms with van der Waals surface area (Å²) in [7, 11) is 1.87. The Labute approximate surface area is 74.7 Å². The monoisotopic (exact) mass is 169 g/mol. The largest absolute Gasteiger partial charge is 0.377 e. The van der Waals surface area contributed by atoms with Gasteiger partial charge in [-0.3, -0.25) is 0 Å². The zero-order chi connectivity index (χ0) is 8.44. The third-order valence-electron chi connectivity index (χ3n) is 3.52. The van der Waals surface area contributed by atoms with E-state index in [1.807, 2.05) is 7.11 Å². The van der Waals surface area contributed by atoms with E-state index in [0.717, 1.165) is 19.0 Å². The molecule has 1 heterocycles. The van der Waals surface area contributed by atoms with Gasteiger partial charge in [0.1, 0.15) is 0 Å². The van der Waals surface area contributed by atoms with Crippen LogP contribution in [0.25, 0.3) is 0 Å². The minimum atomic E-state index is 0.199. The molecule has 1 unspecified atom stereocenters. The average Bonchev–Trinajstić information content (AvgIpc) is 2.46. The second kappa shape index (κ2) is 3.35. The van der Waals surface area contributed by atoms with Crippen molar-refractivity contribution in [1.82, 2.24) is 5.32 Å². The lowest BCUT2D eigenvalue weighted by Crippen LogP contribution is -2.37. The van der Waals surface area contributed by atoms with Gasteiger partial charge in [0.2, 0.25) is 0 Å². The highest BCUT2D eigenvalue weighted by atomic mass is 16.5. The molecule has 2 nitrogen and oxygen atoms in total. The molecule has 0 aromatic heterocycles. The van der Waals surface area contributed by atoms with Gasteiger partial charge in [0.15, 0.2) is 0 Å². The Morgan fingerprint density at radius 2 is 2.33 bits per heavy atom. The predicted molar refractivity (Wildman–Crippen MR) is 49.2 cm³/mol. The van der Waals surface area contributed by atoms with Gasteiger partial charge in [-0.1, -0.05) is 19.3 Å². The van der Waals surface area contributed by atoms with Gasteiger partial charge in [-0.15, -0.1) is 0 Å². The summed E-state index contributed by atoms with van der Waals surface area (Å²) in [4.78, 5) is 0. The van der Waals surface area contributed by atoms with Crippen molar-refractivity contribution >= 4 is 0 Å². The Morgan fingerprint density at radius 1 is 1.50 bits per heavy atom. The molecule has 0 aromatic rings. The van der Waals surface area contributed by atoms with Crippen LogP contribution in [0.3, 0.4) is 0 Å². The highest BCUT2D eigenvalue weighted by Gasteiger charge is 2.37. The van der Waals surface area contributed by atoms with Crippen LogP contribution >= 0.6 is 0 Å². The molecule has 2 aliphatic rings. The number of methoxy groups -OCH3 is 1. The fraction of sp³-hybridized carbons (Fsp3) is 1.00. The van der Waals surface area contributed by atoms with Crippen molar-refractivity contribution in [2.24, 2.45) is 5.92 Å². The fourth-order valence-corrected chi connectivity index (χ4v) is 2.38. The van der Waals surface area contributed by atoms with E-state index in [1.165, 1.54) is 32.1 Å². The van der Waals surface area contributed by atoms with E-state index in [1.54, 1.807) is 0 Å². The normalized spacial score (nSPS) is 36.8. The van der Waals surface area contributed by atoms with Crippen LogP contribution in [0.5, 0.6) is 0 Å². The summed E-state index contributed by atoms with van der Waals surface area (Å²) >= 11 is 0. The van der Waals surface area contributed by atoms with Gasteiger partial charge in [0, 0.05) is 13.7 Å². The topological polar surface area (TPSA) is 21.3 Å². The minimum Gasteiger partial charge on any atom is -0.377 e. The minimum absolute atomic E-state index is 0.199. The lowest BCUT2D eigenvalue weighted by atomic mass is 9.77. The summed E-state index contributed by atoms with van der Waals surface area (Å²) < 4.78 is 5.64. The number of rotatable bonds is 3. The van der Waals surface area contributed by atoms with Crippen LogP contribution in [0, 0.1) is 5.92 Å². The Morgan fingerprint density at radius 3 is 2.75 bits per heavy atom. The van der Waals surface area contributed by atoms with Crippen LogP contribution in [-0.4, -0.2) is 25.8 Å². The maximum atomic E-state index is 5.64. The van der Waals surface area contributed by atoms with E-state index in [4.69, 9.17) is 4.74 Å². The van der Waals surface area contributed by atoms with Crippen molar-refractivity contribution in [2.75, 3.05) is 20.2 Å². The van der Waals surface area contributed by atoms with Crippen LogP contribution in [-0.2, 0) is 4.74 Å². The van der Waals surface area contributed by atoms with E-state index in [-0.39, 0.29) is 5.60 Å². The molecule has 1 aliphatic heterocycles. The second-order valence-electron chi connectivity index (χ2n) is 4.31. The third-order valence-corrected chi connectivity index (χ3v) is 3.52. The molecular weight excluding hydrogens is 150 g/mol. The van der Waals surface area contributed by atoms with E-state index in [2.05, 4.69) is 5.32 Å². The molecule has 2 rings (SSSR count). The Balaban J connectivity index is 1.87. The molecule has 1 saturated carbocycles. The van der Waals surface area contributed by atoms with Crippen LogP contribution in [0.1, 0.15) is 32.1 Å². The Bertz CT molecular complexity index is 148. The number of hydrogen-bond acceptors (Lipinski definition) is 2. The van der Waals surface area contributed by atoms with E-state index in [9.17, 15) is 0 Å². The van der Waals surface area contributed by atoms with Crippen molar-refractivity contribution in [3.05, 3.63) is 0 Å². The predicted octanol–water partition coefficient (Wildman–Crippen LogP) is 1.56. The van der Waals surface area contributed by atoms with Gasteiger partial charge in [-0.25, -0.2) is 0 Å². The Kier molecular flexibility index (Phi) is 2.37. The van der Waals surface area contributed by atoms with Crippen LogP contribution < -0.4 is 5.32 Å². The quantitative estimate of drug-likeness (QED) is 0.692. The van der Waals surface area contributed by atoms with Crippen molar-refractivity contribution in [3.8, 4) is 0 Å². The van der Waals surface area contributed by atoms with Crippen molar-refractivity contribution in [1.29, 1.82) is 0 Å². The van der Waals surface area contributed by atoms with Gasteiger partial charge in [0.05, 0.1) is 5.60 Å². The van der Waals surface area contributed by atoms with Gasteiger partial charge < -0.3 is 10.1 Å². The molecule has 0 bridgehead atoms. The molecule has 70 valence electrons. The van der Waals surface area contributed by atoms with Gasteiger partial charge >= 0.3 is 0 Å². The number of nitrogens with one attached hydrogen (secondary N) is 1. The molecular formula is C10H19NO. The van der Waals surface area contributed by atoms with Gasteiger partial charge in [0.25, 0.3) is 0 Å². The Hall–Kier alpha value is -0.0800. The number of ether oxygens (including phenoxy) is 1. The number of hydrogen-bond donors (Lipinski definition) is 1. The highest BCUT2D eigenvalue weighted by Crippen LogP contribution is 2.37. The first-order valence-corrected chi connectivity index (χ1v) is 5.10. The van der Waals surface area contributed by atoms with E-state index in [0.29, 0.717) is 0 Å². The molecule has 1 atom stereocenters. The second-order valence-corrected chi connectivity index (χ2v) is 4.31. The zero-order valence-electron chi connectivity index (χ0n) is 7.94. The first kappa shape index (κ1) is 8.52. The lowest BCUT2D eigenvalue weighted by molar-refractivity contribution is -0.0220. The molecule has 0 spiro atoms. The summed E-state index contributed by atoms with van der Waals surface area (Å²) in [5.74, 6) is 0.963. The van der Waals surface area contributed by atoms with Gasteiger partial charge in [-0.2, -0.15) is 0 Å². The molecule has 1 saturated heterocycles. The van der Waals surface area contributed by atoms with Crippen LogP contribution in [0.2, 0.25) is 0 Å². The zero-order valence-corrected chi connectivity index (χ0v) is 7.94. The van der Waals surface area contributed by atoms with Crippen molar-refractivity contribution in [3.63, 3.8) is 0 Å². The summed E-state index contributed by atoms with van der Waals surface area (Å²) in [6.07, 6.45) is 6.81. The molecule has 1 N–H and O–H groups in total. The molecule has 12 heavy (non-hydrogen) atoms. The molecule has 0 amide bonds. The maximum Gasteiger partial charge on any atom is 0.0817 e. The highest BCUT2D eigenvalue weighted by molar-refractivity contribution is 4.92.